The van der Waals surface area contributed by atoms with Gasteiger partial charge in [0.25, 0.3) is 0 Å². The van der Waals surface area contributed by atoms with Gasteiger partial charge in [0, 0.05) is 11.3 Å². The first-order valence-corrected chi connectivity index (χ1v) is 5.54. The molecule has 80 valence electrons. The monoisotopic (exact) mass is 196 g/mol. The Kier molecular flexibility index (Phi) is 2.24. The van der Waals surface area contributed by atoms with E-state index in [0.29, 0.717) is 6.42 Å². The molecule has 2 nitrogen and oxygen atoms in total. The molecule has 0 radical (unpaired) electrons. The molecular weight excluding hydrogens is 176 g/mol. The topological polar surface area (TPSA) is 40.5 Å². The fourth-order valence-corrected chi connectivity index (χ4v) is 3.21. The zero-order valence-electron chi connectivity index (χ0n) is 9.03. The van der Waals surface area contributed by atoms with Crippen molar-refractivity contribution >= 4 is 0 Å². The number of rotatable bonds is 0. The van der Waals surface area contributed by atoms with Gasteiger partial charge in [0.05, 0.1) is 11.7 Å². The fraction of sp³-hybridized carbons (Fsp3) is 0.833. The van der Waals surface area contributed by atoms with Crippen LogP contribution in [0.4, 0.5) is 0 Å². The minimum absolute atomic E-state index is 0.115. The molecule has 14 heavy (non-hydrogen) atoms. The third-order valence-electron chi connectivity index (χ3n) is 4.24. The van der Waals surface area contributed by atoms with Crippen molar-refractivity contribution in [1.29, 1.82) is 0 Å². The van der Waals surface area contributed by atoms with Crippen LogP contribution in [0.2, 0.25) is 0 Å². The van der Waals surface area contributed by atoms with E-state index in [4.69, 9.17) is 0 Å². The summed E-state index contributed by atoms with van der Waals surface area (Å²) in [7, 11) is 0. The van der Waals surface area contributed by atoms with Crippen LogP contribution in [-0.2, 0) is 0 Å². The molecule has 0 aliphatic heterocycles. The highest BCUT2D eigenvalue weighted by atomic mass is 16.3. The van der Waals surface area contributed by atoms with Crippen LogP contribution < -0.4 is 0 Å². The van der Waals surface area contributed by atoms with Gasteiger partial charge in [0.1, 0.15) is 0 Å². The quantitative estimate of drug-likeness (QED) is 0.581. The third kappa shape index (κ3) is 1.32. The lowest BCUT2D eigenvalue weighted by Gasteiger charge is -2.52. The summed E-state index contributed by atoms with van der Waals surface area (Å²) >= 11 is 0. The number of allylic oxidation sites excluding steroid dienone is 1. The van der Waals surface area contributed by atoms with E-state index in [-0.39, 0.29) is 17.4 Å². The maximum atomic E-state index is 10.3. The van der Waals surface area contributed by atoms with Gasteiger partial charge in [-0.2, -0.15) is 0 Å². The van der Waals surface area contributed by atoms with E-state index in [0.717, 1.165) is 19.3 Å². The Morgan fingerprint density at radius 2 is 2.00 bits per heavy atom. The van der Waals surface area contributed by atoms with Crippen molar-refractivity contribution in [2.75, 3.05) is 0 Å². The zero-order valence-corrected chi connectivity index (χ0v) is 9.03. The molecule has 0 amide bonds. The number of fused-ring (bicyclic) bond motifs is 1. The Morgan fingerprint density at radius 1 is 1.29 bits per heavy atom. The van der Waals surface area contributed by atoms with E-state index < -0.39 is 5.60 Å². The predicted octanol–water partition coefficient (Wildman–Crippen LogP) is 1.86. The Morgan fingerprint density at radius 3 is 2.64 bits per heavy atom. The summed E-state index contributed by atoms with van der Waals surface area (Å²) in [6, 6.07) is 0. The maximum Gasteiger partial charge on any atom is 0.0689 e. The van der Waals surface area contributed by atoms with Gasteiger partial charge in [-0.15, -0.1) is 0 Å². The third-order valence-corrected chi connectivity index (χ3v) is 4.24. The Balaban J connectivity index is 2.36. The van der Waals surface area contributed by atoms with Gasteiger partial charge < -0.3 is 10.2 Å². The summed E-state index contributed by atoms with van der Waals surface area (Å²) in [6.45, 7) is 4.01. The second-order valence-corrected chi connectivity index (χ2v) is 5.36. The first-order valence-electron chi connectivity index (χ1n) is 5.54. The summed E-state index contributed by atoms with van der Waals surface area (Å²) in [5.74, 6) is 0.118. The molecule has 0 unspecified atom stereocenters. The molecule has 4 atom stereocenters. The molecule has 2 rings (SSSR count). The van der Waals surface area contributed by atoms with Crippen LogP contribution in [0, 0.1) is 11.3 Å². The van der Waals surface area contributed by atoms with Crippen LogP contribution >= 0.6 is 0 Å². The van der Waals surface area contributed by atoms with Crippen molar-refractivity contribution in [3.8, 4) is 0 Å². The molecule has 2 N–H and O–H groups in total. The molecule has 0 aromatic rings. The largest absolute Gasteiger partial charge is 0.393 e. The lowest BCUT2D eigenvalue weighted by atomic mass is 9.56. The van der Waals surface area contributed by atoms with E-state index in [2.05, 4.69) is 19.1 Å². The molecule has 2 aliphatic carbocycles. The van der Waals surface area contributed by atoms with E-state index >= 15 is 0 Å². The van der Waals surface area contributed by atoms with E-state index in [1.54, 1.807) is 0 Å². The van der Waals surface area contributed by atoms with Crippen molar-refractivity contribution in [2.45, 2.75) is 51.2 Å². The molecule has 0 aromatic carbocycles. The van der Waals surface area contributed by atoms with Crippen LogP contribution in [0.3, 0.4) is 0 Å². The number of aliphatic hydroxyl groups excluding tert-OH is 1. The molecule has 1 fully saturated rings. The Bertz CT molecular complexity index is 257. The average molecular weight is 196 g/mol. The van der Waals surface area contributed by atoms with Gasteiger partial charge in [-0.25, -0.2) is 0 Å². The van der Waals surface area contributed by atoms with Crippen molar-refractivity contribution in [2.24, 2.45) is 11.3 Å². The summed E-state index contributed by atoms with van der Waals surface area (Å²) in [6.07, 6.45) is 7.45. The van der Waals surface area contributed by atoms with Gasteiger partial charge in [-0.05, 0) is 32.6 Å². The summed E-state index contributed by atoms with van der Waals surface area (Å²) in [5, 5.41) is 20.3. The first-order chi connectivity index (χ1) is 6.47. The standard InChI is InChI=1S/C12H20O2/c1-11-7-4-3-5-9(11)12(2,14)8-6-10(11)13/h3,5,9-10,13-14H,4,6-8H2,1-2H3/t9-,10-,11-,12-/m0/s1. The van der Waals surface area contributed by atoms with E-state index in [9.17, 15) is 10.2 Å². The molecule has 1 saturated carbocycles. The number of aliphatic hydroxyl groups is 2. The minimum atomic E-state index is -0.634. The van der Waals surface area contributed by atoms with Crippen LogP contribution in [-0.4, -0.2) is 21.9 Å². The van der Waals surface area contributed by atoms with Gasteiger partial charge >= 0.3 is 0 Å². The molecule has 0 heterocycles. The highest BCUT2D eigenvalue weighted by Gasteiger charge is 2.51. The Labute approximate surface area is 85.6 Å². The van der Waals surface area contributed by atoms with Gasteiger partial charge in [-0.1, -0.05) is 19.1 Å². The molecule has 0 aromatic heterocycles. The maximum absolute atomic E-state index is 10.3. The molecule has 0 spiro atoms. The molecular formula is C12H20O2. The van der Waals surface area contributed by atoms with Crippen LogP contribution in [0.15, 0.2) is 12.2 Å². The van der Waals surface area contributed by atoms with Crippen molar-refractivity contribution in [3.63, 3.8) is 0 Å². The van der Waals surface area contributed by atoms with Crippen LogP contribution in [0.1, 0.15) is 39.5 Å². The Hall–Kier alpha value is -0.340. The SMILES string of the molecule is C[C@]12CCC=C[C@@H]1[C@@](C)(O)CC[C@@H]2O. The number of hydrogen-bond donors (Lipinski definition) is 2. The summed E-state index contributed by atoms with van der Waals surface area (Å²) in [5.41, 5.74) is -0.749. The molecule has 0 bridgehead atoms. The predicted molar refractivity (Wildman–Crippen MR) is 55.8 cm³/mol. The van der Waals surface area contributed by atoms with Gasteiger partial charge in [-0.3, -0.25) is 0 Å². The highest BCUT2D eigenvalue weighted by Crippen LogP contribution is 2.51. The number of hydrogen-bond acceptors (Lipinski definition) is 2. The minimum Gasteiger partial charge on any atom is -0.393 e. The van der Waals surface area contributed by atoms with E-state index in [1.165, 1.54) is 0 Å². The smallest absolute Gasteiger partial charge is 0.0689 e. The lowest BCUT2D eigenvalue weighted by Crippen LogP contribution is -2.54. The second-order valence-electron chi connectivity index (χ2n) is 5.36. The average Bonchev–Trinajstić information content (AvgIpc) is 2.13. The van der Waals surface area contributed by atoms with E-state index in [1.807, 2.05) is 6.92 Å². The normalized spacial score (nSPS) is 52.9. The van der Waals surface area contributed by atoms with Crippen molar-refractivity contribution < 1.29 is 10.2 Å². The van der Waals surface area contributed by atoms with Crippen LogP contribution in [0.5, 0.6) is 0 Å². The van der Waals surface area contributed by atoms with Gasteiger partial charge in [0.15, 0.2) is 0 Å². The molecule has 0 saturated heterocycles. The van der Waals surface area contributed by atoms with Gasteiger partial charge in [0.2, 0.25) is 0 Å². The summed E-state index contributed by atoms with van der Waals surface area (Å²) < 4.78 is 0. The van der Waals surface area contributed by atoms with Crippen molar-refractivity contribution in [3.05, 3.63) is 12.2 Å². The first kappa shape index (κ1) is 10.2. The molecule has 2 aliphatic rings. The summed E-state index contributed by atoms with van der Waals surface area (Å²) in [4.78, 5) is 0. The van der Waals surface area contributed by atoms with Crippen LogP contribution in [0.25, 0.3) is 0 Å². The fourth-order valence-electron chi connectivity index (χ4n) is 3.21. The highest BCUT2D eigenvalue weighted by molar-refractivity contribution is 5.13. The molecule has 2 heteroatoms. The second kappa shape index (κ2) is 3.07. The lowest BCUT2D eigenvalue weighted by molar-refractivity contribution is -0.137. The zero-order chi connectivity index (χ0) is 10.4. The van der Waals surface area contributed by atoms with Crippen molar-refractivity contribution in [1.82, 2.24) is 0 Å².